The topological polar surface area (TPSA) is 104 Å². The molecule has 5 aromatic rings. The van der Waals surface area contributed by atoms with Gasteiger partial charge in [-0.05, 0) is 85.3 Å². The quantitative estimate of drug-likeness (QED) is 0.162. The molecule has 1 fully saturated rings. The van der Waals surface area contributed by atoms with E-state index in [4.69, 9.17) is 18.9 Å². The van der Waals surface area contributed by atoms with Crippen molar-refractivity contribution in [3.8, 4) is 28.7 Å². The third-order valence-corrected chi connectivity index (χ3v) is 8.99. The number of methoxy groups -OCH3 is 1. The molecule has 50 heavy (non-hydrogen) atoms. The number of pyridine rings is 2. The van der Waals surface area contributed by atoms with Crippen LogP contribution in [0.15, 0.2) is 77.9 Å². The fraction of sp³-hybridized carbons (Fsp3) is 0.289. The fourth-order valence-corrected chi connectivity index (χ4v) is 6.44. The van der Waals surface area contributed by atoms with Crippen LogP contribution in [0, 0.1) is 11.6 Å². The molecule has 1 amide bonds. The Morgan fingerprint density at radius 3 is 2.56 bits per heavy atom. The standard InChI is InChI=1S/C38H36F2N4O6/c1-47-34-21-29-31(22-35(34)49-17-3-14-43-15-18-48-19-16-43)41-13-12-32(29)50-33-11-8-26(20-30(33)40)42-37(45)36-28-5-2-4-24(28)23-44(38(36)46)27-9-6-25(39)7-10-27/h6-13,20-23H,2-5,14-19H2,1H3,(H,42,45). The zero-order chi connectivity index (χ0) is 34.6. The van der Waals surface area contributed by atoms with Crippen molar-refractivity contribution in [3.63, 3.8) is 0 Å². The average molecular weight is 683 g/mol. The van der Waals surface area contributed by atoms with Crippen LogP contribution < -0.4 is 25.1 Å². The smallest absolute Gasteiger partial charge is 0.268 e. The number of halogens is 2. The van der Waals surface area contributed by atoms with E-state index >= 15 is 4.39 Å². The van der Waals surface area contributed by atoms with Crippen molar-refractivity contribution in [1.29, 1.82) is 0 Å². The predicted molar refractivity (Wildman–Crippen MR) is 184 cm³/mol. The first-order valence-electron chi connectivity index (χ1n) is 16.6. The minimum absolute atomic E-state index is 0.0114. The number of morpholine rings is 1. The normalized spacial score (nSPS) is 14.4. The van der Waals surface area contributed by atoms with E-state index < -0.39 is 23.1 Å². The Morgan fingerprint density at radius 2 is 1.78 bits per heavy atom. The predicted octanol–water partition coefficient (Wildman–Crippen LogP) is 6.31. The van der Waals surface area contributed by atoms with Gasteiger partial charge < -0.3 is 24.3 Å². The van der Waals surface area contributed by atoms with E-state index in [1.54, 1.807) is 37.7 Å². The lowest BCUT2D eigenvalue weighted by atomic mass is 10.0. The van der Waals surface area contributed by atoms with E-state index in [-0.39, 0.29) is 17.0 Å². The van der Waals surface area contributed by atoms with E-state index in [2.05, 4.69) is 15.2 Å². The molecule has 2 aliphatic rings. The molecule has 10 nitrogen and oxygen atoms in total. The summed E-state index contributed by atoms with van der Waals surface area (Å²) in [5.74, 6) is -0.484. The van der Waals surface area contributed by atoms with E-state index in [9.17, 15) is 14.0 Å². The van der Waals surface area contributed by atoms with Gasteiger partial charge in [0.25, 0.3) is 11.5 Å². The number of nitrogens with zero attached hydrogens (tertiary/aromatic N) is 3. The molecule has 12 heteroatoms. The lowest BCUT2D eigenvalue weighted by Crippen LogP contribution is -2.37. The molecule has 0 bridgehead atoms. The van der Waals surface area contributed by atoms with Crippen molar-refractivity contribution >= 4 is 22.5 Å². The van der Waals surface area contributed by atoms with Crippen LogP contribution >= 0.6 is 0 Å². The molecule has 2 aromatic heterocycles. The molecule has 1 aliphatic carbocycles. The number of anilines is 1. The molecule has 1 saturated heterocycles. The van der Waals surface area contributed by atoms with Crippen LogP contribution in [0.4, 0.5) is 14.5 Å². The summed E-state index contributed by atoms with van der Waals surface area (Å²) in [5, 5.41) is 3.28. The van der Waals surface area contributed by atoms with Crippen molar-refractivity contribution in [1.82, 2.24) is 14.5 Å². The van der Waals surface area contributed by atoms with Gasteiger partial charge in [-0.3, -0.25) is 24.0 Å². The summed E-state index contributed by atoms with van der Waals surface area (Å²) in [6, 6.07) is 14.7. The summed E-state index contributed by atoms with van der Waals surface area (Å²) in [6.07, 6.45) is 6.19. The van der Waals surface area contributed by atoms with Crippen LogP contribution in [0.25, 0.3) is 16.6 Å². The molecule has 3 heterocycles. The van der Waals surface area contributed by atoms with E-state index in [1.807, 2.05) is 0 Å². The van der Waals surface area contributed by atoms with Crippen molar-refractivity contribution in [2.45, 2.75) is 25.7 Å². The zero-order valence-electron chi connectivity index (χ0n) is 27.5. The monoisotopic (exact) mass is 682 g/mol. The summed E-state index contributed by atoms with van der Waals surface area (Å²) < 4.78 is 53.5. The number of ether oxygens (including phenoxy) is 4. The Bertz CT molecular complexity index is 2100. The van der Waals surface area contributed by atoms with Gasteiger partial charge >= 0.3 is 0 Å². The van der Waals surface area contributed by atoms with E-state index in [1.165, 1.54) is 41.0 Å². The number of amides is 1. The first kappa shape index (κ1) is 33.2. The van der Waals surface area contributed by atoms with Gasteiger partial charge in [-0.1, -0.05) is 0 Å². The number of aromatic nitrogens is 2. The average Bonchev–Trinajstić information content (AvgIpc) is 3.59. The lowest BCUT2D eigenvalue weighted by Gasteiger charge is -2.26. The number of fused-ring (bicyclic) bond motifs is 2. The Morgan fingerprint density at radius 1 is 0.960 bits per heavy atom. The van der Waals surface area contributed by atoms with Crippen molar-refractivity contribution in [2.24, 2.45) is 0 Å². The van der Waals surface area contributed by atoms with Gasteiger partial charge in [0.15, 0.2) is 23.1 Å². The van der Waals surface area contributed by atoms with Crippen LogP contribution in [0.5, 0.6) is 23.0 Å². The van der Waals surface area contributed by atoms with Gasteiger partial charge in [-0.2, -0.15) is 0 Å². The second-order valence-corrected chi connectivity index (χ2v) is 12.2. The molecule has 0 spiro atoms. The van der Waals surface area contributed by atoms with Crippen LogP contribution in [0.1, 0.15) is 34.3 Å². The third kappa shape index (κ3) is 7.03. The number of benzene rings is 3. The van der Waals surface area contributed by atoms with Crippen molar-refractivity contribution < 1.29 is 32.5 Å². The van der Waals surface area contributed by atoms with Gasteiger partial charge in [0.1, 0.15) is 17.1 Å². The number of rotatable bonds is 11. The number of carbonyl (C=O) groups is 1. The minimum atomic E-state index is -0.720. The first-order valence-corrected chi connectivity index (χ1v) is 16.6. The zero-order valence-corrected chi connectivity index (χ0v) is 27.5. The highest BCUT2D eigenvalue weighted by Gasteiger charge is 2.26. The second kappa shape index (κ2) is 14.7. The first-order chi connectivity index (χ1) is 24.4. The number of aryl methyl sites for hydroxylation is 1. The highest BCUT2D eigenvalue weighted by Crippen LogP contribution is 2.38. The maximum Gasteiger partial charge on any atom is 0.268 e. The molecule has 0 unspecified atom stereocenters. The number of hydrogen-bond donors (Lipinski definition) is 1. The van der Waals surface area contributed by atoms with Gasteiger partial charge in [0.2, 0.25) is 0 Å². The van der Waals surface area contributed by atoms with Gasteiger partial charge in [-0.15, -0.1) is 0 Å². The minimum Gasteiger partial charge on any atom is -0.493 e. The fourth-order valence-electron chi connectivity index (χ4n) is 6.44. The molecule has 1 N–H and O–H groups in total. The molecule has 0 saturated carbocycles. The molecular formula is C38H36F2N4O6. The second-order valence-electron chi connectivity index (χ2n) is 12.2. The third-order valence-electron chi connectivity index (χ3n) is 8.99. The van der Waals surface area contributed by atoms with Crippen molar-refractivity contribution in [3.05, 3.63) is 112 Å². The molecule has 3 aromatic carbocycles. The van der Waals surface area contributed by atoms with Gasteiger partial charge in [0.05, 0.1) is 32.4 Å². The highest BCUT2D eigenvalue weighted by molar-refractivity contribution is 6.05. The molecule has 258 valence electrons. The largest absolute Gasteiger partial charge is 0.493 e. The Hall–Kier alpha value is -5.33. The van der Waals surface area contributed by atoms with Crippen molar-refractivity contribution in [2.75, 3.05) is 51.9 Å². The highest BCUT2D eigenvalue weighted by atomic mass is 19.1. The summed E-state index contributed by atoms with van der Waals surface area (Å²) in [4.78, 5) is 33.9. The van der Waals surface area contributed by atoms with Crippen LogP contribution in [0.2, 0.25) is 0 Å². The van der Waals surface area contributed by atoms with Crippen LogP contribution in [0.3, 0.4) is 0 Å². The Kier molecular flexibility index (Phi) is 9.72. The molecule has 0 atom stereocenters. The number of hydrogen-bond acceptors (Lipinski definition) is 8. The lowest BCUT2D eigenvalue weighted by molar-refractivity contribution is 0.0357. The van der Waals surface area contributed by atoms with Gasteiger partial charge in [0, 0.05) is 60.9 Å². The number of nitrogens with one attached hydrogen (secondary N) is 1. The van der Waals surface area contributed by atoms with Crippen LogP contribution in [-0.2, 0) is 17.6 Å². The number of carbonyl (C=O) groups excluding carboxylic acids is 1. The summed E-state index contributed by atoms with van der Waals surface area (Å²) in [5.41, 5.74) is 2.18. The summed E-state index contributed by atoms with van der Waals surface area (Å²) >= 11 is 0. The van der Waals surface area contributed by atoms with E-state index in [0.717, 1.165) is 57.3 Å². The maximum absolute atomic E-state index is 15.5. The molecule has 7 rings (SSSR count). The Labute approximate surface area is 287 Å². The van der Waals surface area contributed by atoms with Gasteiger partial charge in [-0.25, -0.2) is 8.78 Å². The summed E-state index contributed by atoms with van der Waals surface area (Å²) in [6.45, 7) is 4.75. The molecular weight excluding hydrogens is 646 g/mol. The summed E-state index contributed by atoms with van der Waals surface area (Å²) in [7, 11) is 1.55. The SMILES string of the molecule is COc1cc2c(Oc3ccc(NC(=O)c4c5c(cn(-c6ccc(F)cc6)c4=O)CCC5)cc3F)ccnc2cc1OCCCN1CCOCC1. The molecule has 0 radical (unpaired) electrons. The van der Waals surface area contributed by atoms with Crippen LogP contribution in [-0.4, -0.2) is 66.9 Å². The van der Waals surface area contributed by atoms with E-state index in [0.29, 0.717) is 58.9 Å². The molecule has 1 aliphatic heterocycles. The maximum atomic E-state index is 15.5. The Balaban J connectivity index is 1.07.